The van der Waals surface area contributed by atoms with Gasteiger partial charge in [0.2, 0.25) is 0 Å². The Morgan fingerprint density at radius 2 is 2.30 bits per heavy atom. The van der Waals surface area contributed by atoms with E-state index >= 15 is 0 Å². The van der Waals surface area contributed by atoms with Gasteiger partial charge in [-0.25, -0.2) is 0 Å². The van der Waals surface area contributed by atoms with Crippen molar-refractivity contribution in [1.29, 1.82) is 0 Å². The van der Waals surface area contributed by atoms with Gasteiger partial charge in [-0.1, -0.05) is 12.2 Å². The molecule has 3 aliphatic heterocycles. The molecular weight excluding hydrogens is 382 g/mol. The summed E-state index contributed by atoms with van der Waals surface area (Å²) in [5.74, 6) is 0.417. The zero-order valence-corrected chi connectivity index (χ0v) is 17.1. The second kappa shape index (κ2) is 8.67. The van der Waals surface area contributed by atoms with E-state index in [-0.39, 0.29) is 17.9 Å². The number of carbonyl (C=O) groups is 2. The first-order valence-electron chi connectivity index (χ1n) is 10.1. The number of rotatable bonds is 6. The van der Waals surface area contributed by atoms with E-state index in [9.17, 15) is 9.59 Å². The van der Waals surface area contributed by atoms with Crippen molar-refractivity contribution < 1.29 is 19.1 Å². The van der Waals surface area contributed by atoms with Crippen molar-refractivity contribution in [3.05, 3.63) is 59.3 Å². The summed E-state index contributed by atoms with van der Waals surface area (Å²) in [6, 6.07) is 4.81. The monoisotopic (exact) mass is 407 g/mol. The Morgan fingerprint density at radius 1 is 1.43 bits per heavy atom. The molecule has 1 fully saturated rings. The van der Waals surface area contributed by atoms with E-state index in [1.807, 2.05) is 37.4 Å². The highest BCUT2D eigenvalue weighted by Crippen LogP contribution is 2.38. The topological polar surface area (TPSA) is 80.2 Å². The normalized spacial score (nSPS) is 22.9. The zero-order chi connectivity index (χ0) is 21.1. The van der Waals surface area contributed by atoms with E-state index in [0.717, 1.165) is 23.1 Å². The minimum absolute atomic E-state index is 0.0289. The molecule has 2 unspecified atom stereocenters. The van der Waals surface area contributed by atoms with Crippen LogP contribution >= 0.6 is 0 Å². The number of fused-ring (bicyclic) bond motifs is 1. The molecule has 7 heteroatoms. The third-order valence-electron chi connectivity index (χ3n) is 5.45. The quantitative estimate of drug-likeness (QED) is 0.734. The first-order chi connectivity index (χ1) is 14.6. The lowest BCUT2D eigenvalue weighted by Gasteiger charge is -2.29. The maximum absolute atomic E-state index is 12.8. The van der Waals surface area contributed by atoms with Gasteiger partial charge in [-0.2, -0.15) is 0 Å². The number of nitrogens with zero attached hydrogens (tertiary/aromatic N) is 2. The Bertz CT molecular complexity index is 971. The minimum Gasteiger partial charge on any atom is -0.496 e. The Kier molecular flexibility index (Phi) is 5.81. The van der Waals surface area contributed by atoms with Gasteiger partial charge in [0.15, 0.2) is 6.04 Å². The lowest BCUT2D eigenvalue weighted by atomic mass is 9.89. The van der Waals surface area contributed by atoms with Gasteiger partial charge >= 0.3 is 0 Å². The van der Waals surface area contributed by atoms with Crippen LogP contribution in [0.5, 0.6) is 5.75 Å². The molecule has 3 heterocycles. The molecule has 0 spiro atoms. The van der Waals surface area contributed by atoms with Gasteiger partial charge in [-0.05, 0) is 43.2 Å². The minimum atomic E-state index is -0.562. The molecule has 3 aliphatic rings. The molecule has 1 N–H and O–H groups in total. The molecule has 1 aromatic rings. The average Bonchev–Trinajstić information content (AvgIpc) is 3.45. The van der Waals surface area contributed by atoms with Crippen LogP contribution in [0, 0.1) is 0 Å². The average molecular weight is 407 g/mol. The van der Waals surface area contributed by atoms with Crippen LogP contribution in [0.4, 0.5) is 0 Å². The van der Waals surface area contributed by atoms with Gasteiger partial charge in [0.05, 0.1) is 19.8 Å². The van der Waals surface area contributed by atoms with Crippen molar-refractivity contribution in [2.24, 2.45) is 4.99 Å². The molecule has 2 atom stereocenters. The molecule has 0 aromatic heterocycles. The fourth-order valence-corrected chi connectivity index (χ4v) is 3.83. The fraction of sp³-hybridized carbons (Fsp3) is 0.348. The summed E-state index contributed by atoms with van der Waals surface area (Å²) in [7, 11) is 1.59. The molecule has 1 saturated heterocycles. The highest BCUT2D eigenvalue weighted by molar-refractivity contribution is 6.05. The van der Waals surface area contributed by atoms with E-state index in [4.69, 9.17) is 9.47 Å². The number of aliphatic imine (C=N–C) groups is 1. The summed E-state index contributed by atoms with van der Waals surface area (Å²) in [6.45, 7) is 3.58. The van der Waals surface area contributed by atoms with Crippen LogP contribution in [0.3, 0.4) is 0 Å². The van der Waals surface area contributed by atoms with Crippen LogP contribution < -0.4 is 10.1 Å². The van der Waals surface area contributed by atoms with Crippen LogP contribution in [-0.2, 0) is 9.53 Å². The van der Waals surface area contributed by atoms with Crippen LogP contribution in [-0.4, -0.2) is 61.9 Å². The third-order valence-corrected chi connectivity index (χ3v) is 5.45. The molecule has 7 nitrogen and oxygen atoms in total. The number of hydrogen-bond donors (Lipinski definition) is 1. The highest BCUT2D eigenvalue weighted by Gasteiger charge is 2.36. The largest absolute Gasteiger partial charge is 0.496 e. The predicted molar refractivity (Wildman–Crippen MR) is 115 cm³/mol. The molecule has 1 aromatic carbocycles. The molecule has 0 saturated carbocycles. The van der Waals surface area contributed by atoms with Crippen LogP contribution in [0.15, 0.2) is 53.2 Å². The Hall–Kier alpha value is -3.19. The van der Waals surface area contributed by atoms with Crippen molar-refractivity contribution in [2.75, 3.05) is 26.9 Å². The van der Waals surface area contributed by atoms with Crippen LogP contribution in [0.1, 0.15) is 29.3 Å². The van der Waals surface area contributed by atoms with Crippen LogP contribution in [0.2, 0.25) is 0 Å². The molecule has 0 aliphatic carbocycles. The SMILES string of the molecule is C/C=C/CN1C=C(c2cc(C(=O)NC3CCOC3)ccc2OC)C2=CC=NC2C1=O. The first kappa shape index (κ1) is 20.1. The first-order valence-corrected chi connectivity index (χ1v) is 10.1. The zero-order valence-electron chi connectivity index (χ0n) is 17.1. The van der Waals surface area contributed by atoms with Gasteiger partial charge in [0.25, 0.3) is 11.8 Å². The number of carbonyl (C=O) groups excluding carboxylic acids is 2. The lowest BCUT2D eigenvalue weighted by molar-refractivity contribution is -0.128. The smallest absolute Gasteiger partial charge is 0.256 e. The van der Waals surface area contributed by atoms with E-state index in [2.05, 4.69) is 10.3 Å². The van der Waals surface area contributed by atoms with Crippen molar-refractivity contribution in [3.8, 4) is 5.75 Å². The van der Waals surface area contributed by atoms with E-state index in [0.29, 0.717) is 31.1 Å². The Labute approximate surface area is 175 Å². The summed E-state index contributed by atoms with van der Waals surface area (Å²) < 4.78 is 10.9. The van der Waals surface area contributed by atoms with E-state index < -0.39 is 6.04 Å². The van der Waals surface area contributed by atoms with Gasteiger partial charge in [-0.15, -0.1) is 0 Å². The Balaban J connectivity index is 1.71. The molecule has 4 rings (SSSR count). The number of methoxy groups -OCH3 is 1. The van der Waals surface area contributed by atoms with Gasteiger partial charge < -0.3 is 19.7 Å². The van der Waals surface area contributed by atoms with E-state index in [1.165, 1.54) is 0 Å². The maximum atomic E-state index is 12.8. The molecule has 0 bridgehead atoms. The second-order valence-corrected chi connectivity index (χ2v) is 7.37. The summed E-state index contributed by atoms with van der Waals surface area (Å²) in [6.07, 6.45) is 9.97. The maximum Gasteiger partial charge on any atom is 0.256 e. The summed E-state index contributed by atoms with van der Waals surface area (Å²) in [5.41, 5.74) is 2.94. The highest BCUT2D eigenvalue weighted by atomic mass is 16.5. The molecule has 0 radical (unpaired) electrons. The van der Waals surface area contributed by atoms with E-state index in [1.54, 1.807) is 30.4 Å². The van der Waals surface area contributed by atoms with Gasteiger partial charge in [0, 0.05) is 42.3 Å². The molecular formula is C23H25N3O4. The summed E-state index contributed by atoms with van der Waals surface area (Å²) in [4.78, 5) is 31.6. The van der Waals surface area contributed by atoms with Crippen LogP contribution in [0.25, 0.3) is 5.57 Å². The number of hydrogen-bond acceptors (Lipinski definition) is 5. The molecule has 30 heavy (non-hydrogen) atoms. The number of benzene rings is 1. The number of amides is 2. The number of nitrogens with one attached hydrogen (secondary N) is 1. The molecule has 2 amide bonds. The van der Waals surface area contributed by atoms with Gasteiger partial charge in [0.1, 0.15) is 5.75 Å². The third kappa shape index (κ3) is 3.80. The summed E-state index contributed by atoms with van der Waals surface area (Å²) >= 11 is 0. The van der Waals surface area contributed by atoms with Crippen molar-refractivity contribution >= 4 is 23.6 Å². The number of allylic oxidation sites excluding steroid dienone is 2. The lowest BCUT2D eigenvalue weighted by Crippen LogP contribution is -2.39. The predicted octanol–water partition coefficient (Wildman–Crippen LogP) is 2.35. The summed E-state index contributed by atoms with van der Waals surface area (Å²) in [5, 5.41) is 3.02. The molecule has 156 valence electrons. The second-order valence-electron chi connectivity index (χ2n) is 7.37. The standard InChI is InChI=1S/C23H25N3O4/c1-3-4-10-26-13-19(17-7-9-24-21(17)23(26)28)18-12-15(5-6-20(18)29-2)22(27)25-16-8-11-30-14-16/h3-7,9,12-13,16,21H,8,10-11,14H2,1-2H3,(H,25,27)/b4-3+. The Morgan fingerprint density at radius 3 is 3.03 bits per heavy atom. The van der Waals surface area contributed by atoms with Gasteiger partial charge in [-0.3, -0.25) is 14.6 Å². The fourth-order valence-electron chi connectivity index (χ4n) is 3.83. The van der Waals surface area contributed by atoms with Crippen molar-refractivity contribution in [2.45, 2.75) is 25.4 Å². The van der Waals surface area contributed by atoms with Crippen molar-refractivity contribution in [1.82, 2.24) is 10.2 Å². The van der Waals surface area contributed by atoms with Crippen molar-refractivity contribution in [3.63, 3.8) is 0 Å². The number of ether oxygens (including phenoxy) is 2.